The Morgan fingerprint density at radius 2 is 1.74 bits per heavy atom. The molecule has 4 N–H and O–H groups in total. The third-order valence-electron chi connectivity index (χ3n) is 17.0. The Labute approximate surface area is 276 Å². The van der Waals surface area contributed by atoms with E-state index in [1.54, 1.807) is 13.8 Å². The lowest BCUT2D eigenvalue weighted by Gasteiger charge is -2.60. The SMILES string of the molecule is CC1CC(C(O)C(C)(C)O)OC2C1C1(C)CCC34CC35CCC(OC3CN(C(C)(C)CO)CCO3)C(C)(C)C5CCC43CC13C2O. The summed E-state index contributed by atoms with van der Waals surface area (Å²) in [6.45, 7) is 19.5. The summed E-state index contributed by atoms with van der Waals surface area (Å²) in [5, 5.41) is 44.1. The molecule has 2 aliphatic heterocycles. The number of rotatable bonds is 6. The maximum absolute atomic E-state index is 12.5. The van der Waals surface area contributed by atoms with Crippen LogP contribution >= 0.6 is 0 Å². The highest BCUT2D eigenvalue weighted by Gasteiger charge is 2.97. The predicted molar refractivity (Wildman–Crippen MR) is 174 cm³/mol. The molecule has 0 bridgehead atoms. The third kappa shape index (κ3) is 3.75. The summed E-state index contributed by atoms with van der Waals surface area (Å²) in [5.41, 5.74) is -0.757. The number of fused-ring (bicyclic) bond motifs is 2. The summed E-state index contributed by atoms with van der Waals surface area (Å²) in [6.07, 6.45) is 7.87. The molecule has 0 aromatic heterocycles. The molecular formula is C38H63NO7. The van der Waals surface area contributed by atoms with Gasteiger partial charge in [-0.25, -0.2) is 0 Å². The summed E-state index contributed by atoms with van der Waals surface area (Å²) in [7, 11) is 0. The van der Waals surface area contributed by atoms with Gasteiger partial charge in [-0.15, -0.1) is 0 Å². The van der Waals surface area contributed by atoms with E-state index in [9.17, 15) is 20.4 Å². The zero-order valence-corrected chi connectivity index (χ0v) is 29.8. The standard InChI is InChI=1S/C38H63NO7/c1-22-17-23(29(41)33(6,7)43)45-28-27(22)34(8)13-14-36-19-35(36)11-10-25(46-26-18-39(15-16-44-26)31(2,3)21-40)32(4,5)24(35)9-12-37(36)20-38(34,37)30(28)42/h22-30,40-43H,9-21H2,1-8H3. The van der Waals surface area contributed by atoms with Gasteiger partial charge in [0.05, 0.1) is 49.8 Å². The first-order chi connectivity index (χ1) is 21.4. The topological polar surface area (TPSA) is 112 Å². The fourth-order valence-corrected chi connectivity index (χ4v) is 14.8. The lowest BCUT2D eigenvalue weighted by molar-refractivity contribution is -0.252. The van der Waals surface area contributed by atoms with Crippen molar-refractivity contribution in [2.45, 2.75) is 161 Å². The number of hydrogen-bond acceptors (Lipinski definition) is 8. The van der Waals surface area contributed by atoms with E-state index in [1.807, 2.05) is 0 Å². The maximum atomic E-state index is 12.5. The summed E-state index contributed by atoms with van der Waals surface area (Å²) in [4.78, 5) is 2.31. The molecule has 6 aliphatic carbocycles. The molecular weight excluding hydrogens is 582 g/mol. The van der Waals surface area contributed by atoms with Gasteiger partial charge in [0.25, 0.3) is 0 Å². The van der Waals surface area contributed by atoms with Gasteiger partial charge < -0.3 is 34.6 Å². The average molecular weight is 646 g/mol. The molecule has 0 aromatic carbocycles. The van der Waals surface area contributed by atoms with Crippen molar-refractivity contribution < 1.29 is 34.6 Å². The van der Waals surface area contributed by atoms with Crippen molar-refractivity contribution in [2.75, 3.05) is 26.3 Å². The number of hydrogen-bond donors (Lipinski definition) is 4. The van der Waals surface area contributed by atoms with Gasteiger partial charge in [0.15, 0.2) is 6.29 Å². The van der Waals surface area contributed by atoms with Crippen LogP contribution in [0.25, 0.3) is 0 Å². The monoisotopic (exact) mass is 645 g/mol. The van der Waals surface area contributed by atoms with E-state index in [0.29, 0.717) is 35.8 Å². The van der Waals surface area contributed by atoms with Crippen molar-refractivity contribution in [3.05, 3.63) is 0 Å². The van der Waals surface area contributed by atoms with Crippen molar-refractivity contribution in [1.82, 2.24) is 4.90 Å². The molecule has 0 aromatic rings. The molecule has 14 atom stereocenters. The quantitative estimate of drug-likeness (QED) is 0.334. The van der Waals surface area contributed by atoms with E-state index in [2.05, 4.69) is 46.4 Å². The molecule has 8 nitrogen and oxygen atoms in total. The Kier molecular flexibility index (Phi) is 6.94. The van der Waals surface area contributed by atoms with Crippen LogP contribution in [-0.4, -0.2) is 99.6 Å². The summed E-state index contributed by atoms with van der Waals surface area (Å²) in [6, 6.07) is 0. The van der Waals surface area contributed by atoms with Gasteiger partial charge in [-0.3, -0.25) is 4.90 Å². The molecule has 2 saturated heterocycles. The van der Waals surface area contributed by atoms with Gasteiger partial charge in [-0.1, -0.05) is 27.7 Å². The molecule has 8 rings (SSSR count). The molecule has 262 valence electrons. The van der Waals surface area contributed by atoms with Crippen molar-refractivity contribution in [2.24, 2.45) is 50.2 Å². The number of ether oxygens (including phenoxy) is 3. The Balaban J connectivity index is 1.04. The third-order valence-corrected chi connectivity index (χ3v) is 17.0. The van der Waals surface area contributed by atoms with Gasteiger partial charge in [-0.05, 0) is 130 Å². The van der Waals surface area contributed by atoms with Crippen LogP contribution in [0.15, 0.2) is 0 Å². The highest BCUT2D eigenvalue weighted by Crippen LogP contribution is 3.01. The predicted octanol–water partition coefficient (Wildman–Crippen LogP) is 4.50. The highest BCUT2D eigenvalue weighted by molar-refractivity contribution is 5.45. The first-order valence-corrected chi connectivity index (χ1v) is 18.7. The summed E-state index contributed by atoms with van der Waals surface area (Å²) >= 11 is 0. The molecule has 14 unspecified atom stereocenters. The van der Waals surface area contributed by atoms with E-state index in [4.69, 9.17) is 14.2 Å². The number of nitrogens with zero attached hydrogens (tertiary/aromatic N) is 1. The molecule has 8 aliphatic rings. The van der Waals surface area contributed by atoms with Crippen LogP contribution in [0.4, 0.5) is 0 Å². The molecule has 6 saturated carbocycles. The second kappa shape index (κ2) is 9.71. The lowest BCUT2D eigenvalue weighted by Crippen LogP contribution is -2.58. The van der Waals surface area contributed by atoms with Gasteiger partial charge in [0.2, 0.25) is 0 Å². The van der Waals surface area contributed by atoms with Crippen LogP contribution in [0, 0.1) is 50.2 Å². The Morgan fingerprint density at radius 3 is 2.43 bits per heavy atom. The fraction of sp³-hybridized carbons (Fsp3) is 1.00. The molecule has 0 radical (unpaired) electrons. The van der Waals surface area contributed by atoms with Crippen LogP contribution in [0.5, 0.6) is 0 Å². The minimum absolute atomic E-state index is 0.0324. The van der Waals surface area contributed by atoms with Crippen LogP contribution in [0.1, 0.15) is 113 Å². The smallest absolute Gasteiger partial charge is 0.170 e. The van der Waals surface area contributed by atoms with Crippen LogP contribution in [-0.2, 0) is 14.2 Å². The second-order valence-electron chi connectivity index (χ2n) is 19.8. The van der Waals surface area contributed by atoms with Gasteiger partial charge >= 0.3 is 0 Å². The molecule has 0 amide bonds. The van der Waals surface area contributed by atoms with E-state index in [-0.39, 0.29) is 58.2 Å². The van der Waals surface area contributed by atoms with E-state index in [1.165, 1.54) is 32.1 Å². The van der Waals surface area contributed by atoms with Gasteiger partial charge in [-0.2, -0.15) is 0 Å². The van der Waals surface area contributed by atoms with Gasteiger partial charge in [0, 0.05) is 17.5 Å². The number of aliphatic hydroxyl groups is 4. The van der Waals surface area contributed by atoms with Crippen LogP contribution in [0.2, 0.25) is 0 Å². The minimum atomic E-state index is -1.24. The Bertz CT molecular complexity index is 1250. The zero-order chi connectivity index (χ0) is 33.1. The molecule has 46 heavy (non-hydrogen) atoms. The Morgan fingerprint density at radius 1 is 1.00 bits per heavy atom. The van der Waals surface area contributed by atoms with Gasteiger partial charge in [0.1, 0.15) is 6.10 Å². The second-order valence-corrected chi connectivity index (χ2v) is 19.8. The number of aliphatic hydroxyl groups excluding tert-OH is 3. The molecule has 2 heterocycles. The fourth-order valence-electron chi connectivity index (χ4n) is 14.8. The van der Waals surface area contributed by atoms with E-state index in [0.717, 1.165) is 32.2 Å². The highest BCUT2D eigenvalue weighted by atomic mass is 16.7. The molecule has 8 heteroatoms. The average Bonchev–Trinajstić information content (AvgIpc) is 3.87. The zero-order valence-electron chi connectivity index (χ0n) is 29.8. The molecule has 8 fully saturated rings. The summed E-state index contributed by atoms with van der Waals surface area (Å²) in [5.74, 6) is 1.20. The van der Waals surface area contributed by atoms with Crippen molar-refractivity contribution in [3.8, 4) is 0 Å². The first-order valence-electron chi connectivity index (χ1n) is 18.7. The lowest BCUT2D eigenvalue weighted by atomic mass is 9.45. The Hall–Kier alpha value is -0.320. The van der Waals surface area contributed by atoms with Crippen molar-refractivity contribution in [1.29, 1.82) is 0 Å². The largest absolute Gasteiger partial charge is 0.394 e. The van der Waals surface area contributed by atoms with Crippen molar-refractivity contribution >= 4 is 0 Å². The van der Waals surface area contributed by atoms with E-state index < -0.39 is 23.9 Å². The van der Waals surface area contributed by atoms with Crippen LogP contribution < -0.4 is 0 Å². The first kappa shape index (κ1) is 32.9. The van der Waals surface area contributed by atoms with Crippen LogP contribution in [0.3, 0.4) is 0 Å². The maximum Gasteiger partial charge on any atom is 0.170 e. The minimum Gasteiger partial charge on any atom is -0.394 e. The normalized spacial score (nSPS) is 54.8. The molecule has 4 spiro atoms. The number of morpholine rings is 1. The summed E-state index contributed by atoms with van der Waals surface area (Å²) < 4.78 is 19.8. The van der Waals surface area contributed by atoms with E-state index >= 15 is 0 Å². The van der Waals surface area contributed by atoms with Crippen molar-refractivity contribution in [3.63, 3.8) is 0 Å².